The van der Waals surface area contributed by atoms with Gasteiger partial charge in [-0.3, -0.25) is 10.2 Å². The summed E-state index contributed by atoms with van der Waals surface area (Å²) in [5.41, 5.74) is 6.27. The van der Waals surface area contributed by atoms with Crippen LogP contribution in [0.1, 0.15) is 18.2 Å². The van der Waals surface area contributed by atoms with Gasteiger partial charge in [0.2, 0.25) is 0 Å². The maximum Gasteiger partial charge on any atom is 0.180 e. The highest BCUT2D eigenvalue weighted by Gasteiger charge is 2.11. The fraction of sp³-hybridized carbons (Fsp3) is 0.0476. The van der Waals surface area contributed by atoms with E-state index in [-0.39, 0.29) is 0 Å². The van der Waals surface area contributed by atoms with Gasteiger partial charge in [-0.05, 0) is 25.1 Å². The molecule has 5 rings (SSSR count). The van der Waals surface area contributed by atoms with Crippen molar-refractivity contribution < 1.29 is 0 Å². The summed E-state index contributed by atoms with van der Waals surface area (Å²) in [5.74, 6) is 0.676. The molecule has 5 aromatic rings. The van der Waals surface area contributed by atoms with E-state index in [4.69, 9.17) is 4.98 Å². The average Bonchev–Trinajstić information content (AvgIpc) is 3.47. The highest BCUT2D eigenvalue weighted by molar-refractivity contribution is 5.83. The van der Waals surface area contributed by atoms with E-state index in [2.05, 4.69) is 37.3 Å². The van der Waals surface area contributed by atoms with Crippen LogP contribution in [-0.4, -0.2) is 34.8 Å². The van der Waals surface area contributed by atoms with Gasteiger partial charge < -0.3 is 9.72 Å². The molecular formula is C21H18N8. The van der Waals surface area contributed by atoms with Crippen molar-refractivity contribution in [1.82, 2.24) is 34.8 Å². The van der Waals surface area contributed by atoms with Gasteiger partial charge >= 0.3 is 0 Å². The second-order valence-electron chi connectivity index (χ2n) is 6.70. The Hall–Kier alpha value is -4.20. The maximum absolute atomic E-state index is 4.83. The van der Waals surface area contributed by atoms with E-state index in [1.54, 1.807) is 24.7 Å². The van der Waals surface area contributed by atoms with Crippen LogP contribution >= 0.6 is 0 Å². The summed E-state index contributed by atoms with van der Waals surface area (Å²) >= 11 is 0. The first-order valence-corrected chi connectivity index (χ1v) is 9.09. The van der Waals surface area contributed by atoms with Crippen LogP contribution in [0, 0.1) is 0 Å². The Bertz CT molecular complexity index is 1370. The number of allylic oxidation sites excluding steroid dienone is 1. The topological polar surface area (TPSA) is 99.6 Å². The Morgan fingerprint density at radius 2 is 2.10 bits per heavy atom. The first-order valence-electron chi connectivity index (χ1n) is 9.09. The van der Waals surface area contributed by atoms with Crippen LogP contribution in [-0.2, 0) is 0 Å². The third-order valence-corrected chi connectivity index (χ3v) is 4.70. The number of hydrogen-bond donors (Lipinski definition) is 3. The summed E-state index contributed by atoms with van der Waals surface area (Å²) < 4.78 is 1.96. The van der Waals surface area contributed by atoms with Crippen LogP contribution in [0.2, 0.25) is 0 Å². The fourth-order valence-electron chi connectivity index (χ4n) is 3.29. The number of rotatable bonds is 5. The number of hydrogen-bond acceptors (Lipinski definition) is 5. The molecule has 0 atom stereocenters. The van der Waals surface area contributed by atoms with Gasteiger partial charge in [-0.25, -0.2) is 9.97 Å². The summed E-state index contributed by atoms with van der Waals surface area (Å²) in [6.07, 6.45) is 12.9. The highest BCUT2D eigenvalue weighted by atomic mass is 15.1. The summed E-state index contributed by atoms with van der Waals surface area (Å²) in [5, 5.41) is 18.5. The smallest absolute Gasteiger partial charge is 0.180 e. The van der Waals surface area contributed by atoms with E-state index in [9.17, 15) is 0 Å². The monoisotopic (exact) mass is 382 g/mol. The molecule has 0 bridgehead atoms. The predicted molar refractivity (Wildman–Crippen MR) is 114 cm³/mol. The van der Waals surface area contributed by atoms with Crippen molar-refractivity contribution in [3.8, 4) is 11.3 Å². The minimum atomic E-state index is 0.676. The number of fused-ring (bicyclic) bond motifs is 2. The number of aromatic amines is 2. The number of aromatic nitrogens is 7. The normalized spacial score (nSPS) is 12.0. The molecule has 1 aromatic carbocycles. The quantitative estimate of drug-likeness (QED) is 0.425. The number of nitrogens with one attached hydrogen (secondary N) is 3. The number of anilines is 1. The Labute approximate surface area is 166 Å². The summed E-state index contributed by atoms with van der Waals surface area (Å²) in [4.78, 5) is 9.27. The first kappa shape index (κ1) is 16.9. The molecule has 0 radical (unpaired) electrons. The zero-order valence-electron chi connectivity index (χ0n) is 15.7. The lowest BCUT2D eigenvalue weighted by Gasteiger charge is -2.10. The van der Waals surface area contributed by atoms with Gasteiger partial charge in [-0.2, -0.15) is 10.2 Å². The van der Waals surface area contributed by atoms with Gasteiger partial charge in [0.15, 0.2) is 11.5 Å². The molecule has 4 heterocycles. The number of imidazole rings is 1. The van der Waals surface area contributed by atoms with E-state index in [0.29, 0.717) is 5.82 Å². The molecule has 0 fully saturated rings. The lowest BCUT2D eigenvalue weighted by atomic mass is 10.1. The van der Waals surface area contributed by atoms with Gasteiger partial charge in [0.1, 0.15) is 0 Å². The summed E-state index contributed by atoms with van der Waals surface area (Å²) in [6, 6.07) is 6.11. The second kappa shape index (κ2) is 6.75. The van der Waals surface area contributed by atoms with E-state index in [1.165, 1.54) is 0 Å². The predicted octanol–water partition coefficient (Wildman–Crippen LogP) is 4.11. The summed E-state index contributed by atoms with van der Waals surface area (Å²) in [7, 11) is 0. The van der Waals surface area contributed by atoms with Gasteiger partial charge in [0.25, 0.3) is 0 Å². The van der Waals surface area contributed by atoms with Crippen molar-refractivity contribution in [3.63, 3.8) is 0 Å². The van der Waals surface area contributed by atoms with Crippen LogP contribution in [0.3, 0.4) is 0 Å². The second-order valence-corrected chi connectivity index (χ2v) is 6.70. The van der Waals surface area contributed by atoms with E-state index < -0.39 is 0 Å². The largest absolute Gasteiger partial charge is 0.341 e. The fourth-order valence-corrected chi connectivity index (χ4v) is 3.29. The van der Waals surface area contributed by atoms with Crippen LogP contribution in [0.4, 0.5) is 5.82 Å². The van der Waals surface area contributed by atoms with E-state index >= 15 is 0 Å². The van der Waals surface area contributed by atoms with Crippen molar-refractivity contribution in [2.45, 2.75) is 6.92 Å². The highest BCUT2D eigenvalue weighted by Crippen LogP contribution is 2.25. The number of H-pyrrole nitrogens is 2. The molecule has 0 aliphatic heterocycles. The van der Waals surface area contributed by atoms with Crippen molar-refractivity contribution in [1.29, 1.82) is 0 Å². The molecule has 0 unspecified atom stereocenters. The molecule has 142 valence electrons. The molecule has 0 aliphatic rings. The molecular weight excluding hydrogens is 364 g/mol. The van der Waals surface area contributed by atoms with Crippen LogP contribution in [0.5, 0.6) is 0 Å². The van der Waals surface area contributed by atoms with Crippen molar-refractivity contribution in [2.24, 2.45) is 0 Å². The molecule has 4 aromatic heterocycles. The third-order valence-electron chi connectivity index (χ3n) is 4.70. The minimum absolute atomic E-state index is 0.676. The molecule has 0 saturated heterocycles. The number of nitrogens with zero attached hydrogens (tertiary/aromatic N) is 5. The molecule has 29 heavy (non-hydrogen) atoms. The van der Waals surface area contributed by atoms with Crippen molar-refractivity contribution in [2.75, 3.05) is 5.32 Å². The lowest BCUT2D eigenvalue weighted by Crippen LogP contribution is -2.03. The van der Waals surface area contributed by atoms with Crippen LogP contribution < -0.4 is 5.32 Å². The molecule has 8 nitrogen and oxygen atoms in total. The van der Waals surface area contributed by atoms with E-state index in [1.807, 2.05) is 48.0 Å². The first-order chi connectivity index (χ1) is 14.2. The minimum Gasteiger partial charge on any atom is -0.341 e. The SMILES string of the molecule is C=Cc1[nH]ncc1/C=C(\C)Nc1nc(-c2ccc3cn[nH]c3c2)cn2ccnc12. The lowest BCUT2D eigenvalue weighted by molar-refractivity contribution is 1.08. The molecule has 3 N–H and O–H groups in total. The summed E-state index contributed by atoms with van der Waals surface area (Å²) in [6.45, 7) is 5.77. The zero-order valence-corrected chi connectivity index (χ0v) is 15.7. The van der Waals surface area contributed by atoms with E-state index in [0.717, 1.165) is 44.8 Å². The zero-order chi connectivity index (χ0) is 19.8. The van der Waals surface area contributed by atoms with Crippen molar-refractivity contribution >= 4 is 34.5 Å². The Kier molecular flexibility index (Phi) is 3.94. The maximum atomic E-state index is 4.83. The molecule has 0 saturated carbocycles. The average molecular weight is 382 g/mol. The van der Waals surface area contributed by atoms with Crippen LogP contribution in [0.15, 0.2) is 61.5 Å². The molecule has 8 heteroatoms. The van der Waals surface area contributed by atoms with Gasteiger partial charge in [-0.15, -0.1) is 0 Å². The van der Waals surface area contributed by atoms with Crippen molar-refractivity contribution in [3.05, 3.63) is 72.7 Å². The Morgan fingerprint density at radius 3 is 3.00 bits per heavy atom. The standard InChI is InChI=1S/C21H18N8/c1-3-17-16(11-24-27-17)8-13(2)25-20-21-22-6-7-29(21)12-19(26-20)14-4-5-15-10-23-28-18(15)9-14/h3-12H,1H2,2H3,(H,23,28)(H,24,27)(H,25,26)/b13-8+. The molecule has 0 spiro atoms. The molecule has 0 amide bonds. The third kappa shape index (κ3) is 3.06. The number of benzene rings is 1. The molecule has 0 aliphatic carbocycles. The van der Waals surface area contributed by atoms with Crippen LogP contribution in [0.25, 0.3) is 40.0 Å². The van der Waals surface area contributed by atoms with Gasteiger partial charge in [0, 0.05) is 40.8 Å². The van der Waals surface area contributed by atoms with Gasteiger partial charge in [0.05, 0.1) is 29.3 Å². The van der Waals surface area contributed by atoms with Gasteiger partial charge in [-0.1, -0.05) is 18.7 Å². The Morgan fingerprint density at radius 1 is 1.21 bits per heavy atom. The Balaban J connectivity index is 1.56.